The summed E-state index contributed by atoms with van der Waals surface area (Å²) in [6.45, 7) is 11.2. The molecule has 0 aliphatic carbocycles. The number of rotatable bonds is 7. The smallest absolute Gasteiger partial charge is 0.191 e. The summed E-state index contributed by atoms with van der Waals surface area (Å²) in [6, 6.07) is 2.21. The highest BCUT2D eigenvalue weighted by Crippen LogP contribution is 2.31. The van der Waals surface area contributed by atoms with Crippen molar-refractivity contribution in [2.75, 3.05) is 45.9 Å². The monoisotopic (exact) mass is 506 g/mol. The van der Waals surface area contributed by atoms with Gasteiger partial charge in [0.2, 0.25) is 0 Å². The van der Waals surface area contributed by atoms with Gasteiger partial charge in [-0.25, -0.2) is 0 Å². The van der Waals surface area contributed by atoms with Crippen LogP contribution in [0, 0.1) is 0 Å². The number of hydrogen-bond acceptors (Lipinski definition) is 4. The van der Waals surface area contributed by atoms with Crippen molar-refractivity contribution in [1.82, 2.24) is 15.5 Å². The van der Waals surface area contributed by atoms with Gasteiger partial charge in [0, 0.05) is 31.8 Å². The molecule has 0 spiro atoms. The quantitative estimate of drug-likeness (QED) is 0.337. The SMILES string of the molecule is CCNC(=NCC1(N2CCCC2)CCOCC1)NCC(C)c1ccsc1.I. The first-order valence-electron chi connectivity index (χ1n) is 10.1. The molecule has 0 amide bonds. The van der Waals surface area contributed by atoms with Crippen molar-refractivity contribution in [1.29, 1.82) is 0 Å². The largest absolute Gasteiger partial charge is 0.381 e. The molecule has 2 saturated heterocycles. The van der Waals surface area contributed by atoms with Crippen molar-refractivity contribution in [2.45, 2.75) is 51.0 Å². The predicted octanol–water partition coefficient (Wildman–Crippen LogP) is 3.67. The Labute approximate surface area is 185 Å². The average Bonchev–Trinajstić information content (AvgIpc) is 3.38. The molecule has 1 atom stereocenters. The highest BCUT2D eigenvalue weighted by Gasteiger charge is 2.39. The molecule has 2 aliphatic heterocycles. The number of aliphatic imine (C=N–C) groups is 1. The van der Waals surface area contributed by atoms with Crippen LogP contribution in [0.1, 0.15) is 51.0 Å². The zero-order valence-corrected chi connectivity index (χ0v) is 19.9. The van der Waals surface area contributed by atoms with Gasteiger partial charge in [0.1, 0.15) is 0 Å². The fourth-order valence-electron chi connectivity index (χ4n) is 4.01. The summed E-state index contributed by atoms with van der Waals surface area (Å²) in [4.78, 5) is 7.68. The highest BCUT2D eigenvalue weighted by atomic mass is 127. The molecule has 27 heavy (non-hydrogen) atoms. The van der Waals surface area contributed by atoms with Crippen LogP contribution in [0.2, 0.25) is 0 Å². The lowest BCUT2D eigenvalue weighted by atomic mass is 9.88. The van der Waals surface area contributed by atoms with Crippen molar-refractivity contribution in [3.05, 3.63) is 22.4 Å². The molecule has 0 radical (unpaired) electrons. The van der Waals surface area contributed by atoms with Gasteiger partial charge in [-0.2, -0.15) is 11.3 Å². The van der Waals surface area contributed by atoms with Gasteiger partial charge in [-0.3, -0.25) is 9.89 Å². The Bertz CT molecular complexity index is 554. The molecule has 0 saturated carbocycles. The molecule has 0 bridgehead atoms. The van der Waals surface area contributed by atoms with Crippen LogP contribution in [0.25, 0.3) is 0 Å². The van der Waals surface area contributed by atoms with Gasteiger partial charge in [-0.1, -0.05) is 6.92 Å². The molecule has 3 rings (SSSR count). The molecule has 3 heterocycles. The van der Waals surface area contributed by atoms with Crippen LogP contribution in [-0.4, -0.2) is 62.3 Å². The number of guanidine groups is 1. The van der Waals surface area contributed by atoms with Gasteiger partial charge in [0.05, 0.1) is 6.54 Å². The van der Waals surface area contributed by atoms with Crippen LogP contribution in [0.3, 0.4) is 0 Å². The van der Waals surface area contributed by atoms with E-state index in [0.29, 0.717) is 5.92 Å². The second-order valence-corrected chi connectivity index (χ2v) is 8.34. The lowest BCUT2D eigenvalue weighted by Crippen LogP contribution is -2.54. The van der Waals surface area contributed by atoms with Crippen LogP contribution in [0.4, 0.5) is 0 Å². The molecule has 1 unspecified atom stereocenters. The van der Waals surface area contributed by atoms with Crippen LogP contribution < -0.4 is 10.6 Å². The standard InChI is InChI=1S/C20H34N4OS.HI/c1-3-21-19(22-14-17(2)18-6-13-26-15-18)23-16-20(7-11-25-12-8-20)24-9-4-5-10-24;/h6,13,15,17H,3-5,7-12,14,16H2,1-2H3,(H2,21,22,23);1H. The normalized spacial score (nSPS) is 21.5. The lowest BCUT2D eigenvalue weighted by Gasteiger charge is -2.43. The number of nitrogens with zero attached hydrogens (tertiary/aromatic N) is 2. The first-order chi connectivity index (χ1) is 12.7. The first-order valence-corrected chi connectivity index (χ1v) is 11.0. The van der Waals surface area contributed by atoms with Gasteiger partial charge in [-0.15, -0.1) is 24.0 Å². The van der Waals surface area contributed by atoms with E-state index in [2.05, 4.69) is 46.2 Å². The number of hydrogen-bond donors (Lipinski definition) is 2. The fraction of sp³-hybridized carbons (Fsp3) is 0.750. The van der Waals surface area contributed by atoms with Gasteiger partial charge in [-0.05, 0) is 74.0 Å². The van der Waals surface area contributed by atoms with Crippen LogP contribution in [-0.2, 0) is 4.74 Å². The van der Waals surface area contributed by atoms with Crippen molar-refractivity contribution >= 4 is 41.3 Å². The van der Waals surface area contributed by atoms with E-state index in [1.807, 2.05) is 0 Å². The van der Waals surface area contributed by atoms with Crippen molar-refractivity contribution < 1.29 is 4.74 Å². The predicted molar refractivity (Wildman–Crippen MR) is 126 cm³/mol. The van der Waals surface area contributed by atoms with Crippen LogP contribution >= 0.6 is 35.3 Å². The zero-order chi connectivity index (χ0) is 18.2. The Morgan fingerprint density at radius 1 is 1.30 bits per heavy atom. The summed E-state index contributed by atoms with van der Waals surface area (Å²) >= 11 is 1.76. The van der Waals surface area contributed by atoms with Gasteiger partial charge >= 0.3 is 0 Å². The maximum Gasteiger partial charge on any atom is 0.191 e. The van der Waals surface area contributed by atoms with Crippen LogP contribution in [0.5, 0.6) is 0 Å². The van der Waals surface area contributed by atoms with E-state index in [9.17, 15) is 0 Å². The summed E-state index contributed by atoms with van der Waals surface area (Å²) in [5, 5.41) is 11.4. The van der Waals surface area contributed by atoms with Gasteiger partial charge in [0.25, 0.3) is 0 Å². The van der Waals surface area contributed by atoms with Gasteiger partial charge < -0.3 is 15.4 Å². The summed E-state index contributed by atoms with van der Waals surface area (Å²) in [7, 11) is 0. The van der Waals surface area contributed by atoms with Crippen molar-refractivity contribution in [3.63, 3.8) is 0 Å². The third kappa shape index (κ3) is 6.30. The summed E-state index contributed by atoms with van der Waals surface area (Å²) in [5.74, 6) is 1.43. The van der Waals surface area contributed by atoms with E-state index >= 15 is 0 Å². The second kappa shape index (κ2) is 11.6. The second-order valence-electron chi connectivity index (χ2n) is 7.56. The summed E-state index contributed by atoms with van der Waals surface area (Å²) < 4.78 is 5.65. The number of likely N-dealkylation sites (tertiary alicyclic amines) is 1. The Balaban J connectivity index is 0.00000261. The Kier molecular flexibility index (Phi) is 9.82. The Morgan fingerprint density at radius 3 is 2.67 bits per heavy atom. The molecule has 5 nitrogen and oxygen atoms in total. The van der Waals surface area contributed by atoms with Gasteiger partial charge in [0.15, 0.2) is 5.96 Å². The average molecular weight is 506 g/mol. The fourth-order valence-corrected chi connectivity index (χ4v) is 4.79. The van der Waals surface area contributed by atoms with E-state index in [0.717, 1.165) is 51.6 Å². The third-order valence-corrected chi connectivity index (χ3v) is 6.47. The summed E-state index contributed by atoms with van der Waals surface area (Å²) in [6.07, 6.45) is 4.84. The number of thiophene rings is 1. The molecule has 2 fully saturated rings. The van der Waals surface area contributed by atoms with Crippen molar-refractivity contribution in [3.8, 4) is 0 Å². The van der Waals surface area contributed by atoms with Crippen LogP contribution in [0.15, 0.2) is 21.8 Å². The van der Waals surface area contributed by atoms with E-state index in [4.69, 9.17) is 9.73 Å². The van der Waals surface area contributed by atoms with Crippen molar-refractivity contribution in [2.24, 2.45) is 4.99 Å². The molecule has 1 aromatic rings. The zero-order valence-electron chi connectivity index (χ0n) is 16.7. The lowest BCUT2D eigenvalue weighted by molar-refractivity contribution is -0.0139. The topological polar surface area (TPSA) is 48.9 Å². The van der Waals surface area contributed by atoms with E-state index in [1.165, 1.54) is 31.5 Å². The molecule has 1 aromatic heterocycles. The molecular weight excluding hydrogens is 471 g/mol. The molecule has 2 N–H and O–H groups in total. The molecule has 154 valence electrons. The number of nitrogens with one attached hydrogen (secondary N) is 2. The van der Waals surface area contributed by atoms with E-state index < -0.39 is 0 Å². The maximum absolute atomic E-state index is 5.65. The minimum Gasteiger partial charge on any atom is -0.381 e. The minimum atomic E-state index is 0. The maximum atomic E-state index is 5.65. The molecular formula is C20H35IN4OS. The highest BCUT2D eigenvalue weighted by molar-refractivity contribution is 14.0. The number of ether oxygens (including phenoxy) is 1. The molecule has 2 aliphatic rings. The van der Waals surface area contributed by atoms with E-state index in [-0.39, 0.29) is 29.5 Å². The molecule has 7 heteroatoms. The Hall–Kier alpha value is -0.380. The minimum absolute atomic E-state index is 0. The number of halogens is 1. The summed E-state index contributed by atoms with van der Waals surface area (Å²) in [5.41, 5.74) is 1.59. The third-order valence-electron chi connectivity index (χ3n) is 5.76. The van der Waals surface area contributed by atoms with E-state index in [1.54, 1.807) is 11.3 Å². The molecule has 0 aromatic carbocycles. The Morgan fingerprint density at radius 2 is 2.04 bits per heavy atom. The first kappa shape index (κ1) is 22.9.